The molecule has 2 saturated heterocycles. The number of hydrogen-bond acceptors (Lipinski definition) is 6. The van der Waals surface area contributed by atoms with Gasteiger partial charge in [0.1, 0.15) is 17.7 Å². The van der Waals surface area contributed by atoms with Crippen LogP contribution >= 0.6 is 0 Å². The molecule has 33 heavy (non-hydrogen) atoms. The van der Waals surface area contributed by atoms with Crippen LogP contribution < -0.4 is 0 Å². The van der Waals surface area contributed by atoms with Crippen molar-refractivity contribution >= 4 is 14.4 Å². The lowest BCUT2D eigenvalue weighted by atomic mass is 9.92. The molecule has 2 rings (SSSR count). The zero-order chi connectivity index (χ0) is 25.4. The minimum atomic E-state index is -2.27. The van der Waals surface area contributed by atoms with Crippen molar-refractivity contribution in [2.24, 2.45) is 5.92 Å². The maximum atomic E-state index is 13.4. The van der Waals surface area contributed by atoms with Crippen molar-refractivity contribution in [3.8, 4) is 6.07 Å². The van der Waals surface area contributed by atoms with Crippen molar-refractivity contribution in [1.82, 2.24) is 4.90 Å². The predicted octanol–water partition coefficient (Wildman–Crippen LogP) is 5.62. The molecule has 0 radical (unpaired) electrons. The number of ether oxygens (including phenoxy) is 3. The first-order valence-corrected chi connectivity index (χ1v) is 14.9. The Kier molecular flexibility index (Phi) is 8.17. The Bertz CT molecular complexity index is 775. The van der Waals surface area contributed by atoms with Crippen molar-refractivity contribution in [3.05, 3.63) is 12.2 Å². The van der Waals surface area contributed by atoms with Crippen molar-refractivity contribution < 1.29 is 23.4 Å². The number of hydrogen-bond donors (Lipinski definition) is 0. The van der Waals surface area contributed by atoms with Gasteiger partial charge in [0.2, 0.25) is 0 Å². The van der Waals surface area contributed by atoms with Crippen LogP contribution in [0.15, 0.2) is 12.2 Å². The summed E-state index contributed by atoms with van der Waals surface area (Å²) in [5.74, 6) is -0.797. The Labute approximate surface area is 201 Å². The van der Waals surface area contributed by atoms with Gasteiger partial charge in [-0.15, -0.1) is 0 Å². The Hall–Kier alpha value is -1.40. The van der Waals surface area contributed by atoms with E-state index < -0.39 is 44.0 Å². The third-order valence-corrected chi connectivity index (χ3v) is 11.2. The Morgan fingerprint density at radius 2 is 1.85 bits per heavy atom. The molecule has 1 unspecified atom stereocenters. The zero-order valence-electron chi connectivity index (χ0n) is 22.4. The molecule has 1 amide bonds. The molecule has 5 atom stereocenters. The highest BCUT2D eigenvalue weighted by Gasteiger charge is 2.55. The van der Waals surface area contributed by atoms with E-state index in [-0.39, 0.29) is 17.1 Å². The summed E-state index contributed by atoms with van der Waals surface area (Å²) >= 11 is 0. The van der Waals surface area contributed by atoms with E-state index in [1.54, 1.807) is 4.90 Å². The van der Waals surface area contributed by atoms with Gasteiger partial charge in [-0.05, 0) is 66.1 Å². The molecule has 2 heterocycles. The number of carbonyl (C=O) groups is 1. The minimum absolute atomic E-state index is 0.0414. The second-order valence-electron chi connectivity index (χ2n) is 12.2. The largest absolute Gasteiger partial charge is 0.444 e. The van der Waals surface area contributed by atoms with E-state index in [1.807, 2.05) is 47.6 Å². The van der Waals surface area contributed by atoms with E-state index >= 15 is 0 Å². The van der Waals surface area contributed by atoms with Gasteiger partial charge < -0.3 is 18.6 Å². The van der Waals surface area contributed by atoms with Crippen LogP contribution in [0.2, 0.25) is 18.1 Å². The standard InChI is InChI=1S/C25H44N2O5Si/c1-12-13-17-14-18(15-26)27(22(28)31-23(2,3)4)20(17)21(19-16-29-25(8,9)30-19)32-33(10,11)24(5,6)7/h12-13,17-21H,14,16H2,1-11H3/t17-,18-,19-,20?,21-/m1/s1. The molecule has 8 heteroatoms. The summed E-state index contributed by atoms with van der Waals surface area (Å²) in [5, 5.41) is 9.93. The van der Waals surface area contributed by atoms with Crippen LogP contribution in [-0.2, 0) is 18.6 Å². The van der Waals surface area contributed by atoms with Crippen LogP contribution in [0.3, 0.4) is 0 Å². The number of nitrogens with zero attached hydrogens (tertiary/aromatic N) is 2. The molecule has 0 aromatic carbocycles. The second kappa shape index (κ2) is 9.69. The maximum Gasteiger partial charge on any atom is 0.411 e. The molecular formula is C25H44N2O5Si. The highest BCUT2D eigenvalue weighted by atomic mass is 28.4. The van der Waals surface area contributed by atoms with Crippen LogP contribution in [0.4, 0.5) is 4.79 Å². The summed E-state index contributed by atoms with van der Waals surface area (Å²) in [6.07, 6.45) is 3.26. The molecule has 0 aromatic rings. The molecular weight excluding hydrogens is 436 g/mol. The van der Waals surface area contributed by atoms with Gasteiger partial charge in [-0.3, -0.25) is 4.90 Å². The van der Waals surface area contributed by atoms with Crippen molar-refractivity contribution in [2.75, 3.05) is 6.61 Å². The predicted molar refractivity (Wildman–Crippen MR) is 131 cm³/mol. The first-order valence-electron chi connectivity index (χ1n) is 12.0. The van der Waals surface area contributed by atoms with Gasteiger partial charge >= 0.3 is 6.09 Å². The molecule has 2 fully saturated rings. The van der Waals surface area contributed by atoms with Crippen LogP contribution in [0.1, 0.15) is 68.7 Å². The van der Waals surface area contributed by atoms with Gasteiger partial charge in [-0.2, -0.15) is 5.26 Å². The van der Waals surface area contributed by atoms with Crippen LogP contribution in [0.5, 0.6) is 0 Å². The quantitative estimate of drug-likeness (QED) is 0.375. The Morgan fingerprint density at radius 1 is 1.24 bits per heavy atom. The lowest BCUT2D eigenvalue weighted by molar-refractivity contribution is -0.154. The Balaban J connectivity index is 2.58. The number of allylic oxidation sites excluding steroid dienone is 1. The normalized spacial score (nSPS) is 29.3. The van der Waals surface area contributed by atoms with E-state index in [1.165, 1.54) is 0 Å². The van der Waals surface area contributed by atoms with E-state index in [2.05, 4.69) is 46.0 Å². The van der Waals surface area contributed by atoms with Gasteiger partial charge in [-0.1, -0.05) is 32.9 Å². The monoisotopic (exact) mass is 480 g/mol. The second-order valence-corrected chi connectivity index (χ2v) is 16.9. The van der Waals surface area contributed by atoms with Gasteiger partial charge in [0.25, 0.3) is 0 Å². The molecule has 7 nitrogen and oxygen atoms in total. The zero-order valence-corrected chi connectivity index (χ0v) is 23.4. The van der Waals surface area contributed by atoms with Crippen LogP contribution in [-0.4, -0.2) is 61.6 Å². The average molecular weight is 481 g/mol. The van der Waals surface area contributed by atoms with Gasteiger partial charge in [0, 0.05) is 5.92 Å². The molecule has 0 N–H and O–H groups in total. The number of carbonyl (C=O) groups excluding carboxylic acids is 1. The van der Waals surface area contributed by atoms with Gasteiger partial charge in [0.15, 0.2) is 14.1 Å². The van der Waals surface area contributed by atoms with Gasteiger partial charge in [0.05, 0.1) is 24.8 Å². The fourth-order valence-electron chi connectivity index (χ4n) is 4.20. The fraction of sp³-hybridized carbons (Fsp3) is 0.840. The summed E-state index contributed by atoms with van der Waals surface area (Å²) in [7, 11) is -2.27. The minimum Gasteiger partial charge on any atom is -0.444 e. The van der Waals surface area contributed by atoms with E-state index in [4.69, 9.17) is 18.6 Å². The third kappa shape index (κ3) is 6.59. The third-order valence-electron chi connectivity index (χ3n) is 6.75. The molecule has 0 aromatic heterocycles. The van der Waals surface area contributed by atoms with Crippen molar-refractivity contribution in [2.45, 2.75) is 123 Å². The van der Waals surface area contributed by atoms with Gasteiger partial charge in [-0.25, -0.2) is 4.79 Å². The SMILES string of the molecule is CC=C[C@@H]1C[C@H](C#N)N(C(=O)OC(C)(C)C)C1[C@H](O[Si](C)(C)C(C)(C)C)[C@H]1COC(C)(C)O1. The summed E-state index contributed by atoms with van der Waals surface area (Å²) in [6.45, 7) is 22.6. The highest BCUT2D eigenvalue weighted by Crippen LogP contribution is 2.43. The molecule has 0 aliphatic carbocycles. The summed E-state index contributed by atoms with van der Waals surface area (Å²) in [6, 6.07) is 1.32. The molecule has 2 aliphatic heterocycles. The Morgan fingerprint density at radius 3 is 2.27 bits per heavy atom. The van der Waals surface area contributed by atoms with E-state index in [0.29, 0.717) is 13.0 Å². The summed E-state index contributed by atoms with van der Waals surface area (Å²) in [5.41, 5.74) is -0.676. The molecule has 0 bridgehead atoms. The van der Waals surface area contributed by atoms with E-state index in [0.717, 1.165) is 0 Å². The summed E-state index contributed by atoms with van der Waals surface area (Å²) in [4.78, 5) is 15.0. The maximum absolute atomic E-state index is 13.4. The number of amides is 1. The first kappa shape index (κ1) is 27.8. The number of rotatable bonds is 5. The molecule has 0 saturated carbocycles. The summed E-state index contributed by atoms with van der Waals surface area (Å²) < 4.78 is 25.0. The highest BCUT2D eigenvalue weighted by molar-refractivity contribution is 6.74. The number of nitriles is 1. The smallest absolute Gasteiger partial charge is 0.411 e. The fourth-order valence-corrected chi connectivity index (χ4v) is 5.53. The van der Waals surface area contributed by atoms with Crippen LogP contribution in [0.25, 0.3) is 0 Å². The molecule has 188 valence electrons. The van der Waals surface area contributed by atoms with Crippen molar-refractivity contribution in [1.29, 1.82) is 5.26 Å². The first-order chi connectivity index (χ1) is 14.9. The van der Waals surface area contributed by atoms with Crippen molar-refractivity contribution in [3.63, 3.8) is 0 Å². The lowest BCUT2D eigenvalue weighted by Gasteiger charge is -2.45. The van der Waals surface area contributed by atoms with E-state index in [9.17, 15) is 10.1 Å². The topological polar surface area (TPSA) is 81.0 Å². The molecule has 2 aliphatic rings. The van der Waals surface area contributed by atoms with Crippen LogP contribution in [0, 0.1) is 17.2 Å². The average Bonchev–Trinajstić information content (AvgIpc) is 3.17. The molecule has 0 spiro atoms. The lowest BCUT2D eigenvalue weighted by Crippen LogP contribution is -2.58. The number of likely N-dealkylation sites (tertiary alicyclic amines) is 1.